The number of benzene rings is 1. The first-order valence-electron chi connectivity index (χ1n) is 8.63. The van der Waals surface area contributed by atoms with Crippen molar-refractivity contribution in [2.45, 2.75) is 6.92 Å². The molecule has 0 saturated carbocycles. The number of carbonyl (C=O) groups is 2. The Morgan fingerprint density at radius 2 is 1.89 bits per heavy atom. The lowest BCUT2D eigenvalue weighted by molar-refractivity contribution is 0.0633. The number of pyridine rings is 1. The molecule has 0 atom stereocenters. The van der Waals surface area contributed by atoms with E-state index in [1.807, 2.05) is 25.1 Å². The molecule has 1 fully saturated rings. The summed E-state index contributed by atoms with van der Waals surface area (Å²) in [5, 5.41) is 0.488. The third-order valence-corrected chi connectivity index (χ3v) is 5.42. The number of aryl methyl sites for hydroxylation is 1. The van der Waals surface area contributed by atoms with Crippen molar-refractivity contribution in [1.29, 1.82) is 0 Å². The summed E-state index contributed by atoms with van der Waals surface area (Å²) in [5.41, 5.74) is 1.97. The Hall–Kier alpha value is -3.00. The molecule has 1 saturated heterocycles. The second-order valence-electron chi connectivity index (χ2n) is 6.33. The molecular weight excluding hydrogens is 364 g/mol. The maximum absolute atomic E-state index is 12.8. The van der Waals surface area contributed by atoms with Crippen molar-refractivity contribution in [2.75, 3.05) is 26.2 Å². The summed E-state index contributed by atoms with van der Waals surface area (Å²) in [4.78, 5) is 36.7. The van der Waals surface area contributed by atoms with E-state index in [0.717, 1.165) is 15.8 Å². The number of fused-ring (bicyclic) bond motifs is 1. The molecule has 2 aromatic heterocycles. The van der Waals surface area contributed by atoms with E-state index in [9.17, 15) is 9.59 Å². The number of aromatic nitrogens is 2. The Labute approximate surface area is 160 Å². The Bertz CT molecular complexity index is 981. The minimum absolute atomic E-state index is 0.0888. The molecule has 3 aromatic rings. The van der Waals surface area contributed by atoms with Crippen molar-refractivity contribution < 1.29 is 14.3 Å². The van der Waals surface area contributed by atoms with Crippen LogP contribution in [-0.4, -0.2) is 57.9 Å². The average Bonchev–Trinajstić information content (AvgIpc) is 3.11. The first kappa shape index (κ1) is 17.4. The van der Waals surface area contributed by atoms with E-state index in [2.05, 4.69) is 9.97 Å². The van der Waals surface area contributed by atoms with Crippen LogP contribution in [0.1, 0.15) is 15.4 Å². The molecule has 138 valence electrons. The van der Waals surface area contributed by atoms with E-state index in [1.54, 1.807) is 28.1 Å². The molecule has 0 radical (unpaired) electrons. The Morgan fingerprint density at radius 3 is 2.63 bits per heavy atom. The minimum atomic E-state index is -0.425. The number of nitrogens with zero attached hydrogens (tertiary/aromatic N) is 4. The number of ether oxygens (including phenoxy) is 1. The monoisotopic (exact) mass is 382 g/mol. The molecule has 1 aliphatic heterocycles. The summed E-state index contributed by atoms with van der Waals surface area (Å²) < 4.78 is 6.30. The quantitative estimate of drug-likeness (QED) is 0.681. The third-order valence-electron chi connectivity index (χ3n) is 4.39. The number of hydrogen-bond acceptors (Lipinski definition) is 6. The lowest BCUT2D eigenvalue weighted by Crippen LogP contribution is -2.51. The zero-order valence-electron chi connectivity index (χ0n) is 14.8. The number of piperazine rings is 1. The summed E-state index contributed by atoms with van der Waals surface area (Å²) in [6.07, 6.45) is 2.68. The van der Waals surface area contributed by atoms with Gasteiger partial charge in [0.2, 0.25) is 0 Å². The lowest BCUT2D eigenvalue weighted by atomic mass is 10.2. The van der Waals surface area contributed by atoms with Gasteiger partial charge < -0.3 is 14.5 Å². The SMILES string of the molecule is Cc1ccc2sc(C(=O)N3CCN(C(=O)Oc4cccnc4)CC3)nc2c1. The van der Waals surface area contributed by atoms with Crippen molar-refractivity contribution >= 4 is 33.6 Å². The summed E-state index contributed by atoms with van der Waals surface area (Å²) in [6, 6.07) is 9.38. The highest BCUT2D eigenvalue weighted by atomic mass is 32.1. The van der Waals surface area contributed by atoms with Gasteiger partial charge in [-0.05, 0) is 36.8 Å². The molecule has 8 heteroatoms. The van der Waals surface area contributed by atoms with Crippen LogP contribution in [0.15, 0.2) is 42.7 Å². The highest BCUT2D eigenvalue weighted by Crippen LogP contribution is 2.24. The molecule has 0 bridgehead atoms. The van der Waals surface area contributed by atoms with Gasteiger partial charge >= 0.3 is 6.09 Å². The molecule has 0 N–H and O–H groups in total. The second-order valence-corrected chi connectivity index (χ2v) is 7.36. The van der Waals surface area contributed by atoms with Crippen LogP contribution in [-0.2, 0) is 0 Å². The molecule has 2 amide bonds. The first-order valence-corrected chi connectivity index (χ1v) is 9.45. The number of hydrogen-bond donors (Lipinski definition) is 0. The largest absolute Gasteiger partial charge is 0.415 e. The number of carbonyl (C=O) groups excluding carboxylic acids is 2. The molecule has 0 unspecified atom stereocenters. The lowest BCUT2D eigenvalue weighted by Gasteiger charge is -2.33. The fraction of sp³-hybridized carbons (Fsp3) is 0.263. The zero-order valence-corrected chi connectivity index (χ0v) is 15.6. The van der Waals surface area contributed by atoms with Crippen LogP contribution in [0.3, 0.4) is 0 Å². The molecule has 3 heterocycles. The number of rotatable bonds is 2. The normalized spacial score (nSPS) is 14.4. The topological polar surface area (TPSA) is 75.6 Å². The average molecular weight is 382 g/mol. The Morgan fingerprint density at radius 1 is 1.11 bits per heavy atom. The fourth-order valence-electron chi connectivity index (χ4n) is 2.93. The molecule has 0 aliphatic carbocycles. The Kier molecular flexibility index (Phi) is 4.72. The molecule has 0 spiro atoms. The summed E-state index contributed by atoms with van der Waals surface area (Å²) in [7, 11) is 0. The van der Waals surface area contributed by atoms with Gasteiger partial charge in [-0.2, -0.15) is 0 Å². The van der Waals surface area contributed by atoms with Gasteiger partial charge in [-0.3, -0.25) is 9.78 Å². The molecule has 7 nitrogen and oxygen atoms in total. The number of thiazole rings is 1. The van der Waals surface area contributed by atoms with Gasteiger partial charge in [0.1, 0.15) is 0 Å². The van der Waals surface area contributed by atoms with Crippen LogP contribution in [0.25, 0.3) is 10.2 Å². The number of amides is 2. The predicted octanol–water partition coefficient (Wildman–Crippen LogP) is 2.96. The van der Waals surface area contributed by atoms with E-state index in [4.69, 9.17) is 4.74 Å². The van der Waals surface area contributed by atoms with Gasteiger partial charge in [-0.1, -0.05) is 6.07 Å². The van der Waals surface area contributed by atoms with Gasteiger partial charge in [0.15, 0.2) is 10.8 Å². The highest BCUT2D eigenvalue weighted by molar-refractivity contribution is 7.20. The van der Waals surface area contributed by atoms with Gasteiger partial charge in [0, 0.05) is 32.4 Å². The van der Waals surface area contributed by atoms with E-state index in [1.165, 1.54) is 17.5 Å². The van der Waals surface area contributed by atoms with Crippen LogP contribution < -0.4 is 4.74 Å². The molecule has 27 heavy (non-hydrogen) atoms. The van der Waals surface area contributed by atoms with Crippen LogP contribution in [0.5, 0.6) is 5.75 Å². The maximum Gasteiger partial charge on any atom is 0.415 e. The van der Waals surface area contributed by atoms with Crippen molar-refractivity contribution in [1.82, 2.24) is 19.8 Å². The molecule has 1 aliphatic rings. The minimum Gasteiger partial charge on any atom is -0.409 e. The van der Waals surface area contributed by atoms with Crippen LogP contribution in [0.2, 0.25) is 0 Å². The smallest absolute Gasteiger partial charge is 0.409 e. The summed E-state index contributed by atoms with van der Waals surface area (Å²) in [6.45, 7) is 3.76. The maximum atomic E-state index is 12.8. The standard InChI is InChI=1S/C19H18N4O3S/c1-13-4-5-16-15(11-13)21-17(27-16)18(24)22-7-9-23(10-8-22)19(25)26-14-3-2-6-20-12-14/h2-6,11-12H,7-10H2,1H3. The predicted molar refractivity (Wildman–Crippen MR) is 102 cm³/mol. The van der Waals surface area contributed by atoms with Crippen molar-refractivity contribution in [2.24, 2.45) is 0 Å². The van der Waals surface area contributed by atoms with Crippen molar-refractivity contribution in [3.05, 3.63) is 53.3 Å². The zero-order chi connectivity index (χ0) is 18.8. The van der Waals surface area contributed by atoms with Crippen LogP contribution >= 0.6 is 11.3 Å². The Balaban J connectivity index is 1.38. The van der Waals surface area contributed by atoms with E-state index < -0.39 is 6.09 Å². The summed E-state index contributed by atoms with van der Waals surface area (Å²) >= 11 is 1.40. The van der Waals surface area contributed by atoms with E-state index in [0.29, 0.717) is 36.9 Å². The highest BCUT2D eigenvalue weighted by Gasteiger charge is 2.27. The van der Waals surface area contributed by atoms with Crippen LogP contribution in [0, 0.1) is 6.92 Å². The van der Waals surface area contributed by atoms with Gasteiger partial charge in [0.05, 0.1) is 16.4 Å². The van der Waals surface area contributed by atoms with E-state index in [-0.39, 0.29) is 5.91 Å². The van der Waals surface area contributed by atoms with Gasteiger partial charge in [-0.25, -0.2) is 9.78 Å². The molecule has 1 aromatic carbocycles. The first-order chi connectivity index (χ1) is 13.1. The summed E-state index contributed by atoms with van der Waals surface area (Å²) in [5.74, 6) is 0.319. The van der Waals surface area contributed by atoms with Gasteiger partial charge in [-0.15, -0.1) is 11.3 Å². The molecular formula is C19H18N4O3S. The second kappa shape index (κ2) is 7.32. The van der Waals surface area contributed by atoms with Crippen LogP contribution in [0.4, 0.5) is 4.79 Å². The van der Waals surface area contributed by atoms with E-state index >= 15 is 0 Å². The van der Waals surface area contributed by atoms with Crippen molar-refractivity contribution in [3.63, 3.8) is 0 Å². The van der Waals surface area contributed by atoms with Gasteiger partial charge in [0.25, 0.3) is 5.91 Å². The van der Waals surface area contributed by atoms with Crippen molar-refractivity contribution in [3.8, 4) is 5.75 Å². The third kappa shape index (κ3) is 3.75. The molecule has 4 rings (SSSR count). The fourth-order valence-corrected chi connectivity index (χ4v) is 3.84.